The van der Waals surface area contributed by atoms with Crippen molar-refractivity contribution in [3.63, 3.8) is 0 Å². The molecule has 0 aliphatic carbocycles. The number of benzene rings is 1. The molecule has 3 aromatic heterocycles. The summed E-state index contributed by atoms with van der Waals surface area (Å²) >= 11 is 0. The molecule has 0 radical (unpaired) electrons. The lowest BCUT2D eigenvalue weighted by Crippen LogP contribution is -2.01. The van der Waals surface area contributed by atoms with Crippen molar-refractivity contribution in [2.45, 2.75) is 6.92 Å². The Morgan fingerprint density at radius 3 is 2.12 bits per heavy atom. The van der Waals surface area contributed by atoms with Crippen molar-refractivity contribution >= 4 is 22.5 Å². The van der Waals surface area contributed by atoms with Crippen LogP contribution in [0.4, 0.5) is 0 Å². The zero-order chi connectivity index (χ0) is 18.4. The van der Waals surface area contributed by atoms with Crippen LogP contribution in [0.3, 0.4) is 0 Å². The zero-order valence-corrected chi connectivity index (χ0v) is 15.1. The minimum absolute atomic E-state index is 0.360. The number of esters is 1. The van der Waals surface area contributed by atoms with Crippen LogP contribution in [0.5, 0.6) is 11.5 Å². The number of hydrogen-bond donors (Lipinski definition) is 0. The lowest BCUT2D eigenvalue weighted by molar-refractivity contribution is 0.0603. The summed E-state index contributed by atoms with van der Waals surface area (Å²) in [6.07, 6.45) is 0. The molecule has 0 aliphatic heterocycles. The molecule has 5 nitrogen and oxygen atoms in total. The number of carbonyl (C=O) groups excluding carboxylic acids is 1. The van der Waals surface area contributed by atoms with Crippen molar-refractivity contribution < 1.29 is 19.0 Å². The van der Waals surface area contributed by atoms with Gasteiger partial charge in [-0.05, 0) is 36.2 Å². The molecule has 4 rings (SSSR count). The first-order valence-electron chi connectivity index (χ1n) is 8.27. The van der Waals surface area contributed by atoms with E-state index in [0.717, 1.165) is 39.0 Å². The minimum Gasteiger partial charge on any atom is -0.497 e. The van der Waals surface area contributed by atoms with E-state index in [9.17, 15) is 4.79 Å². The summed E-state index contributed by atoms with van der Waals surface area (Å²) in [6.45, 7) is 2.08. The number of carbonyl (C=O) groups is 1. The third kappa shape index (κ3) is 2.20. The van der Waals surface area contributed by atoms with Crippen molar-refractivity contribution in [1.29, 1.82) is 0 Å². The number of aryl methyl sites for hydroxylation is 1. The van der Waals surface area contributed by atoms with Crippen LogP contribution in [-0.4, -0.2) is 31.7 Å². The van der Waals surface area contributed by atoms with Gasteiger partial charge in [-0.25, -0.2) is 4.79 Å². The summed E-state index contributed by atoms with van der Waals surface area (Å²) in [5.74, 6) is 1.15. The third-order valence-electron chi connectivity index (χ3n) is 4.87. The highest BCUT2D eigenvalue weighted by molar-refractivity contribution is 6.05. The first-order valence-corrected chi connectivity index (χ1v) is 8.27. The van der Waals surface area contributed by atoms with Crippen LogP contribution in [0.2, 0.25) is 0 Å². The van der Waals surface area contributed by atoms with Gasteiger partial charge in [-0.2, -0.15) is 0 Å². The minimum atomic E-state index is -0.360. The Kier molecular flexibility index (Phi) is 3.72. The summed E-state index contributed by atoms with van der Waals surface area (Å²) in [6, 6.07) is 13.7. The first kappa shape index (κ1) is 16.3. The predicted molar refractivity (Wildman–Crippen MR) is 101 cm³/mol. The first-order chi connectivity index (χ1) is 12.6. The maximum absolute atomic E-state index is 12.3. The normalized spacial score (nSPS) is 11.2. The maximum atomic E-state index is 12.3. The molecule has 1 aromatic carbocycles. The smallest absolute Gasteiger partial charge is 0.340 e. The standard InChI is InChI=1S/C21H19NO4/c1-12-17-9-15(25-3)10-18-16(21(23)26-4)11-19(22(17)18)20(12)13-5-7-14(24-2)8-6-13/h5-11H,1-4H3. The van der Waals surface area contributed by atoms with Crippen molar-refractivity contribution in [3.05, 3.63) is 53.6 Å². The Bertz CT molecular complexity index is 1110. The summed E-state index contributed by atoms with van der Waals surface area (Å²) in [4.78, 5) is 12.3. The van der Waals surface area contributed by atoms with Gasteiger partial charge in [0, 0.05) is 17.7 Å². The molecule has 0 saturated heterocycles. The van der Waals surface area contributed by atoms with Crippen LogP contribution in [0.1, 0.15) is 15.9 Å². The molecule has 132 valence electrons. The Morgan fingerprint density at radius 2 is 1.50 bits per heavy atom. The third-order valence-corrected chi connectivity index (χ3v) is 4.87. The van der Waals surface area contributed by atoms with Gasteiger partial charge in [0.05, 0.1) is 43.4 Å². The Balaban J connectivity index is 2.07. The SMILES string of the molecule is COC(=O)c1cc2c(-c3ccc(OC)cc3)c(C)c3cc(OC)cc1n32. The molecule has 0 aliphatic rings. The van der Waals surface area contributed by atoms with Crippen LogP contribution >= 0.6 is 0 Å². The van der Waals surface area contributed by atoms with E-state index in [1.54, 1.807) is 14.2 Å². The van der Waals surface area contributed by atoms with Crippen LogP contribution in [0.25, 0.3) is 27.7 Å². The van der Waals surface area contributed by atoms with Gasteiger partial charge in [0.2, 0.25) is 0 Å². The van der Waals surface area contributed by atoms with E-state index in [1.165, 1.54) is 7.11 Å². The van der Waals surface area contributed by atoms with Crippen LogP contribution in [0.15, 0.2) is 42.5 Å². The summed E-state index contributed by atoms with van der Waals surface area (Å²) in [5.41, 5.74) is 6.57. The van der Waals surface area contributed by atoms with E-state index in [4.69, 9.17) is 14.2 Å². The number of hydrogen-bond acceptors (Lipinski definition) is 4. The van der Waals surface area contributed by atoms with E-state index in [2.05, 4.69) is 11.3 Å². The Hall–Kier alpha value is -3.21. The lowest BCUT2D eigenvalue weighted by atomic mass is 10.0. The van der Waals surface area contributed by atoms with Gasteiger partial charge in [-0.15, -0.1) is 0 Å². The van der Waals surface area contributed by atoms with E-state index in [0.29, 0.717) is 11.3 Å². The predicted octanol–water partition coefficient (Wildman–Crippen LogP) is 4.31. The summed E-state index contributed by atoms with van der Waals surface area (Å²) < 4.78 is 17.8. The molecule has 4 aromatic rings. The van der Waals surface area contributed by atoms with Gasteiger partial charge in [-0.1, -0.05) is 12.1 Å². The fourth-order valence-electron chi connectivity index (χ4n) is 3.60. The molecule has 5 heteroatoms. The van der Waals surface area contributed by atoms with Crippen molar-refractivity contribution in [2.24, 2.45) is 0 Å². The highest BCUT2D eigenvalue weighted by Gasteiger charge is 2.23. The van der Waals surface area contributed by atoms with Gasteiger partial charge in [0.25, 0.3) is 0 Å². The van der Waals surface area contributed by atoms with Crippen molar-refractivity contribution in [3.8, 4) is 22.6 Å². The Morgan fingerprint density at radius 1 is 0.846 bits per heavy atom. The molecule has 3 heterocycles. The lowest BCUT2D eigenvalue weighted by Gasteiger charge is -2.06. The van der Waals surface area contributed by atoms with Crippen LogP contribution < -0.4 is 9.47 Å². The molecule has 0 fully saturated rings. The average molecular weight is 349 g/mol. The number of nitrogens with zero attached hydrogens (tertiary/aromatic N) is 1. The summed E-state index contributed by atoms with van der Waals surface area (Å²) in [7, 11) is 4.67. The Labute approximate surface area is 151 Å². The van der Waals surface area contributed by atoms with Gasteiger partial charge in [0.1, 0.15) is 11.5 Å². The molecule has 26 heavy (non-hydrogen) atoms. The van der Waals surface area contributed by atoms with E-state index < -0.39 is 0 Å². The number of aromatic nitrogens is 1. The van der Waals surface area contributed by atoms with Gasteiger partial charge in [0.15, 0.2) is 0 Å². The van der Waals surface area contributed by atoms with E-state index in [-0.39, 0.29) is 5.97 Å². The number of rotatable bonds is 4. The molecule has 0 amide bonds. The zero-order valence-electron chi connectivity index (χ0n) is 15.1. The molecule has 0 spiro atoms. The second kappa shape index (κ2) is 5.95. The fraction of sp³-hybridized carbons (Fsp3) is 0.190. The van der Waals surface area contributed by atoms with E-state index >= 15 is 0 Å². The number of methoxy groups -OCH3 is 3. The largest absolute Gasteiger partial charge is 0.497 e. The molecule has 0 N–H and O–H groups in total. The molecule has 0 bridgehead atoms. The van der Waals surface area contributed by atoms with Crippen LogP contribution in [0, 0.1) is 6.92 Å². The molecule has 0 saturated carbocycles. The van der Waals surface area contributed by atoms with Gasteiger partial charge in [-0.3, -0.25) is 0 Å². The maximum Gasteiger partial charge on any atom is 0.340 e. The van der Waals surface area contributed by atoms with E-state index in [1.807, 2.05) is 42.5 Å². The average Bonchev–Trinajstić information content (AvgIpc) is 3.19. The quantitative estimate of drug-likeness (QED) is 0.515. The fourth-order valence-corrected chi connectivity index (χ4v) is 3.60. The highest BCUT2D eigenvalue weighted by atomic mass is 16.5. The van der Waals surface area contributed by atoms with Gasteiger partial charge < -0.3 is 18.6 Å². The molecular formula is C21H19NO4. The molecular weight excluding hydrogens is 330 g/mol. The van der Waals surface area contributed by atoms with Gasteiger partial charge >= 0.3 is 5.97 Å². The molecule has 0 unspecified atom stereocenters. The number of pyridine rings is 1. The topological polar surface area (TPSA) is 49.2 Å². The van der Waals surface area contributed by atoms with Crippen LogP contribution in [-0.2, 0) is 4.74 Å². The molecule has 0 atom stereocenters. The summed E-state index contributed by atoms with van der Waals surface area (Å²) in [5, 5.41) is 0. The van der Waals surface area contributed by atoms with Crippen molar-refractivity contribution in [1.82, 2.24) is 4.40 Å². The highest BCUT2D eigenvalue weighted by Crippen LogP contribution is 2.40. The second-order valence-corrected chi connectivity index (χ2v) is 6.16. The monoisotopic (exact) mass is 349 g/mol. The number of ether oxygens (including phenoxy) is 3. The second-order valence-electron chi connectivity index (χ2n) is 6.16. The van der Waals surface area contributed by atoms with Crippen molar-refractivity contribution in [2.75, 3.05) is 21.3 Å².